The molecule has 7 nitrogen and oxygen atoms in total. The summed E-state index contributed by atoms with van der Waals surface area (Å²) in [5, 5.41) is 14.6. The van der Waals surface area contributed by atoms with Gasteiger partial charge in [-0.2, -0.15) is 0 Å². The maximum atomic E-state index is 12.8. The van der Waals surface area contributed by atoms with Crippen LogP contribution in [0.15, 0.2) is 71.2 Å². The standard InChI is InChI=1S/C27H25BrN2O5/c1-15(2)24(26(32)33)30-25(31)21-12-11-16(28)13-23(21)29-27(34)35-14-22-19-9-5-3-7-17(19)18-8-4-6-10-20(18)22/h3-13,15,22,24H,14H2,1-2H3,(H,29,34)(H,30,31)(H,32,33). The van der Waals surface area contributed by atoms with E-state index in [4.69, 9.17) is 4.74 Å². The first-order chi connectivity index (χ1) is 16.8. The van der Waals surface area contributed by atoms with E-state index in [1.54, 1.807) is 26.0 Å². The molecule has 0 saturated heterocycles. The van der Waals surface area contributed by atoms with Crippen LogP contribution in [0, 0.1) is 5.92 Å². The number of fused-ring (bicyclic) bond motifs is 3. The van der Waals surface area contributed by atoms with Crippen molar-refractivity contribution < 1.29 is 24.2 Å². The lowest BCUT2D eigenvalue weighted by atomic mass is 9.98. The highest BCUT2D eigenvalue weighted by molar-refractivity contribution is 9.10. The van der Waals surface area contributed by atoms with Crippen LogP contribution in [0.1, 0.15) is 41.3 Å². The minimum Gasteiger partial charge on any atom is -0.480 e. The van der Waals surface area contributed by atoms with Crippen molar-refractivity contribution in [1.29, 1.82) is 0 Å². The summed E-state index contributed by atoms with van der Waals surface area (Å²) < 4.78 is 6.22. The summed E-state index contributed by atoms with van der Waals surface area (Å²) in [7, 11) is 0. The molecular weight excluding hydrogens is 512 g/mol. The molecule has 2 amide bonds. The quantitative estimate of drug-likeness (QED) is 0.362. The molecule has 3 aromatic carbocycles. The van der Waals surface area contributed by atoms with Crippen LogP contribution in [0.25, 0.3) is 11.1 Å². The molecule has 0 radical (unpaired) electrons. The van der Waals surface area contributed by atoms with Gasteiger partial charge in [-0.05, 0) is 46.4 Å². The van der Waals surface area contributed by atoms with E-state index in [2.05, 4.69) is 38.7 Å². The number of hydrogen-bond acceptors (Lipinski definition) is 4. The van der Waals surface area contributed by atoms with Gasteiger partial charge in [0.25, 0.3) is 5.91 Å². The number of benzene rings is 3. The van der Waals surface area contributed by atoms with Crippen LogP contribution in [0.5, 0.6) is 0 Å². The summed E-state index contributed by atoms with van der Waals surface area (Å²) in [5.41, 5.74) is 4.79. The first-order valence-electron chi connectivity index (χ1n) is 11.2. The van der Waals surface area contributed by atoms with Gasteiger partial charge in [-0.3, -0.25) is 10.1 Å². The van der Waals surface area contributed by atoms with E-state index in [1.165, 1.54) is 6.07 Å². The maximum absolute atomic E-state index is 12.8. The second-order valence-corrected chi connectivity index (χ2v) is 9.59. The minimum absolute atomic E-state index is 0.0965. The Labute approximate surface area is 211 Å². The summed E-state index contributed by atoms with van der Waals surface area (Å²) in [6.07, 6.45) is -0.711. The first-order valence-corrected chi connectivity index (χ1v) is 12.0. The molecule has 0 spiro atoms. The molecule has 4 rings (SSSR count). The molecule has 0 bridgehead atoms. The fourth-order valence-corrected chi connectivity index (χ4v) is 4.66. The van der Waals surface area contributed by atoms with Crippen LogP contribution in [0.4, 0.5) is 10.5 Å². The molecule has 35 heavy (non-hydrogen) atoms. The van der Waals surface area contributed by atoms with Crippen molar-refractivity contribution in [2.45, 2.75) is 25.8 Å². The number of rotatable bonds is 7. The predicted octanol–water partition coefficient (Wildman–Crippen LogP) is 5.65. The van der Waals surface area contributed by atoms with E-state index in [1.807, 2.05) is 36.4 Å². The maximum Gasteiger partial charge on any atom is 0.411 e. The molecule has 8 heteroatoms. The molecule has 0 saturated carbocycles. The molecule has 0 aliphatic heterocycles. The largest absolute Gasteiger partial charge is 0.480 e. The van der Waals surface area contributed by atoms with Gasteiger partial charge in [0.2, 0.25) is 0 Å². The Balaban J connectivity index is 1.49. The van der Waals surface area contributed by atoms with Crippen molar-refractivity contribution in [3.63, 3.8) is 0 Å². The number of carboxylic acid groups (broad SMARTS) is 1. The molecule has 1 atom stereocenters. The van der Waals surface area contributed by atoms with Crippen LogP contribution in [0.3, 0.4) is 0 Å². The number of anilines is 1. The van der Waals surface area contributed by atoms with Gasteiger partial charge in [-0.1, -0.05) is 78.3 Å². The van der Waals surface area contributed by atoms with Crippen LogP contribution in [-0.2, 0) is 9.53 Å². The number of hydrogen-bond donors (Lipinski definition) is 3. The SMILES string of the molecule is CC(C)C(NC(=O)c1ccc(Br)cc1NC(=O)OCC1c2ccccc2-c2ccccc21)C(=O)O. The Morgan fingerprint density at radius 3 is 2.14 bits per heavy atom. The number of ether oxygens (including phenoxy) is 1. The van der Waals surface area contributed by atoms with E-state index in [-0.39, 0.29) is 29.7 Å². The zero-order valence-electron chi connectivity index (χ0n) is 19.2. The van der Waals surface area contributed by atoms with Crippen molar-refractivity contribution in [2.75, 3.05) is 11.9 Å². The molecule has 1 aliphatic rings. The molecule has 0 aromatic heterocycles. The van der Waals surface area contributed by atoms with Crippen molar-refractivity contribution >= 4 is 39.6 Å². The Morgan fingerprint density at radius 1 is 0.971 bits per heavy atom. The number of halogens is 1. The summed E-state index contributed by atoms with van der Waals surface area (Å²) in [5.74, 6) is -2.14. The van der Waals surface area contributed by atoms with Crippen LogP contribution in [-0.4, -0.2) is 35.7 Å². The monoisotopic (exact) mass is 536 g/mol. The van der Waals surface area contributed by atoms with Crippen molar-refractivity contribution in [1.82, 2.24) is 5.32 Å². The van der Waals surface area contributed by atoms with Gasteiger partial charge in [0.15, 0.2) is 0 Å². The van der Waals surface area contributed by atoms with Gasteiger partial charge in [0.05, 0.1) is 11.3 Å². The lowest BCUT2D eigenvalue weighted by Crippen LogP contribution is -2.44. The van der Waals surface area contributed by atoms with Crippen molar-refractivity contribution in [3.8, 4) is 11.1 Å². The normalized spacial score (nSPS) is 13.0. The Kier molecular flexibility index (Phi) is 7.21. The third kappa shape index (κ3) is 5.22. The average molecular weight is 537 g/mol. The lowest BCUT2D eigenvalue weighted by molar-refractivity contribution is -0.140. The van der Waals surface area contributed by atoms with E-state index >= 15 is 0 Å². The molecule has 180 valence electrons. The second-order valence-electron chi connectivity index (χ2n) is 8.67. The summed E-state index contributed by atoms with van der Waals surface area (Å²) in [6, 6.07) is 19.7. The highest BCUT2D eigenvalue weighted by atomic mass is 79.9. The smallest absolute Gasteiger partial charge is 0.411 e. The Hall–Kier alpha value is -3.65. The molecule has 0 heterocycles. The Morgan fingerprint density at radius 2 is 1.57 bits per heavy atom. The molecule has 1 aliphatic carbocycles. The number of carbonyl (C=O) groups is 3. The van der Waals surface area contributed by atoms with Gasteiger partial charge in [-0.25, -0.2) is 9.59 Å². The van der Waals surface area contributed by atoms with Crippen LogP contribution < -0.4 is 10.6 Å². The van der Waals surface area contributed by atoms with Crippen molar-refractivity contribution in [2.24, 2.45) is 5.92 Å². The summed E-state index contributed by atoms with van der Waals surface area (Å²) in [4.78, 5) is 37.1. The van der Waals surface area contributed by atoms with E-state index in [0.717, 1.165) is 22.3 Å². The number of carboxylic acids is 1. The van der Waals surface area contributed by atoms with E-state index in [0.29, 0.717) is 4.47 Å². The number of carbonyl (C=O) groups excluding carboxylic acids is 2. The van der Waals surface area contributed by atoms with E-state index in [9.17, 15) is 19.5 Å². The van der Waals surface area contributed by atoms with Gasteiger partial charge in [0.1, 0.15) is 12.6 Å². The summed E-state index contributed by atoms with van der Waals surface area (Å²) >= 11 is 3.34. The molecular formula is C27H25BrN2O5. The number of nitrogens with one attached hydrogen (secondary N) is 2. The van der Waals surface area contributed by atoms with Crippen LogP contribution in [0.2, 0.25) is 0 Å². The fraction of sp³-hybridized carbons (Fsp3) is 0.222. The minimum atomic E-state index is -1.13. The molecule has 0 fully saturated rings. The first kappa shape index (κ1) is 24.5. The third-order valence-corrected chi connectivity index (χ3v) is 6.52. The topological polar surface area (TPSA) is 105 Å². The lowest BCUT2D eigenvalue weighted by Gasteiger charge is -2.19. The average Bonchev–Trinajstić information content (AvgIpc) is 3.14. The second kappa shape index (κ2) is 10.3. The summed E-state index contributed by atoms with van der Waals surface area (Å²) in [6.45, 7) is 3.54. The Bertz CT molecular complexity index is 1240. The van der Waals surface area contributed by atoms with Crippen molar-refractivity contribution in [3.05, 3.63) is 87.9 Å². The predicted molar refractivity (Wildman–Crippen MR) is 137 cm³/mol. The number of amides is 2. The van der Waals surface area contributed by atoms with Gasteiger partial charge in [0, 0.05) is 10.4 Å². The highest BCUT2D eigenvalue weighted by Gasteiger charge is 2.29. The molecule has 3 N–H and O–H groups in total. The fourth-order valence-electron chi connectivity index (χ4n) is 4.29. The molecule has 3 aromatic rings. The van der Waals surface area contributed by atoms with Gasteiger partial charge in [-0.15, -0.1) is 0 Å². The van der Waals surface area contributed by atoms with Gasteiger partial charge >= 0.3 is 12.1 Å². The molecule has 1 unspecified atom stereocenters. The number of aliphatic carboxylic acids is 1. The zero-order chi connectivity index (χ0) is 25.1. The highest BCUT2D eigenvalue weighted by Crippen LogP contribution is 2.44. The van der Waals surface area contributed by atoms with Gasteiger partial charge < -0.3 is 15.2 Å². The van der Waals surface area contributed by atoms with Crippen LogP contribution >= 0.6 is 15.9 Å². The third-order valence-electron chi connectivity index (χ3n) is 6.03. The van der Waals surface area contributed by atoms with E-state index < -0.39 is 24.0 Å². The zero-order valence-corrected chi connectivity index (χ0v) is 20.8.